The fourth-order valence-corrected chi connectivity index (χ4v) is 3.02. The number of aromatic nitrogens is 1. The van der Waals surface area contributed by atoms with Crippen LogP contribution in [0.15, 0.2) is 18.2 Å². The first-order valence-corrected chi connectivity index (χ1v) is 8.15. The second kappa shape index (κ2) is 7.23. The number of carbonyl (C=O) groups is 2. The summed E-state index contributed by atoms with van der Waals surface area (Å²) in [7, 11) is 0. The van der Waals surface area contributed by atoms with Crippen molar-refractivity contribution >= 4 is 38.6 Å². The van der Waals surface area contributed by atoms with Gasteiger partial charge in [0.25, 0.3) is 5.91 Å². The van der Waals surface area contributed by atoms with Crippen LogP contribution in [0.1, 0.15) is 10.4 Å². The molecule has 8 nitrogen and oxygen atoms in total. The molecule has 1 aromatic heterocycles. The fourth-order valence-electron chi connectivity index (χ4n) is 2.12. The molecule has 0 saturated heterocycles. The van der Waals surface area contributed by atoms with Crippen LogP contribution in [0.4, 0.5) is 18.3 Å². The van der Waals surface area contributed by atoms with Crippen LogP contribution in [0.5, 0.6) is 17.2 Å². The van der Waals surface area contributed by atoms with Crippen LogP contribution in [-0.2, 0) is 9.53 Å². The van der Waals surface area contributed by atoms with Crippen LogP contribution in [-0.4, -0.2) is 38.8 Å². The SMILES string of the molecule is O=C(COC(=O)c1cc(O)c(O)c(O)c1)Nc1nc2c(F)c(F)c(F)cc2s1. The molecule has 0 aliphatic carbocycles. The van der Waals surface area contributed by atoms with Crippen molar-refractivity contribution in [2.75, 3.05) is 11.9 Å². The van der Waals surface area contributed by atoms with E-state index in [1.165, 1.54) is 0 Å². The molecule has 146 valence electrons. The van der Waals surface area contributed by atoms with Crippen molar-refractivity contribution in [1.29, 1.82) is 0 Å². The summed E-state index contributed by atoms with van der Waals surface area (Å²) in [5.74, 6) is -8.94. The molecule has 0 atom stereocenters. The van der Waals surface area contributed by atoms with E-state index in [4.69, 9.17) is 0 Å². The average molecular weight is 414 g/mol. The van der Waals surface area contributed by atoms with E-state index >= 15 is 0 Å². The normalized spacial score (nSPS) is 10.8. The number of benzene rings is 2. The Morgan fingerprint density at radius 1 is 1.07 bits per heavy atom. The summed E-state index contributed by atoms with van der Waals surface area (Å²) in [4.78, 5) is 27.3. The quantitative estimate of drug-likeness (QED) is 0.293. The molecular formula is C16H9F3N2O6S. The van der Waals surface area contributed by atoms with Crippen molar-refractivity contribution < 1.29 is 42.8 Å². The van der Waals surface area contributed by atoms with Crippen molar-refractivity contribution in [1.82, 2.24) is 4.98 Å². The second-order valence-electron chi connectivity index (χ2n) is 5.34. The number of aromatic hydroxyl groups is 3. The summed E-state index contributed by atoms with van der Waals surface area (Å²) in [6, 6.07) is 2.36. The lowest BCUT2D eigenvalue weighted by Gasteiger charge is -2.06. The van der Waals surface area contributed by atoms with Gasteiger partial charge in [-0.1, -0.05) is 11.3 Å². The minimum absolute atomic E-state index is 0.0428. The molecule has 4 N–H and O–H groups in total. The van der Waals surface area contributed by atoms with Gasteiger partial charge in [0.05, 0.1) is 10.3 Å². The Bertz CT molecular complexity index is 1090. The first kappa shape index (κ1) is 19.2. The number of anilines is 1. The molecule has 0 saturated carbocycles. The second-order valence-corrected chi connectivity index (χ2v) is 6.37. The first-order valence-electron chi connectivity index (χ1n) is 7.33. The third kappa shape index (κ3) is 3.62. The Balaban J connectivity index is 1.67. The van der Waals surface area contributed by atoms with Gasteiger partial charge in [0.15, 0.2) is 46.4 Å². The zero-order chi connectivity index (χ0) is 20.6. The number of esters is 1. The number of hydrogen-bond acceptors (Lipinski definition) is 8. The van der Waals surface area contributed by atoms with Crippen LogP contribution < -0.4 is 5.32 Å². The monoisotopic (exact) mass is 414 g/mol. The van der Waals surface area contributed by atoms with Crippen molar-refractivity contribution in [3.63, 3.8) is 0 Å². The summed E-state index contributed by atoms with van der Waals surface area (Å²) >= 11 is 0.675. The highest BCUT2D eigenvalue weighted by atomic mass is 32.1. The standard InChI is InChI=1S/C16H9F3N2O6S/c17-6-3-9-13(12(19)11(6)18)21-16(28-9)20-10(24)4-27-15(26)5-1-7(22)14(25)8(23)2-5/h1-3,22-23,25H,4H2,(H,20,21,24). The van der Waals surface area contributed by atoms with Crippen molar-refractivity contribution in [3.05, 3.63) is 41.2 Å². The molecule has 0 aliphatic heterocycles. The molecule has 0 unspecified atom stereocenters. The highest BCUT2D eigenvalue weighted by molar-refractivity contribution is 7.22. The molecule has 28 heavy (non-hydrogen) atoms. The number of hydrogen-bond donors (Lipinski definition) is 4. The molecule has 3 aromatic rings. The minimum atomic E-state index is -1.69. The lowest BCUT2D eigenvalue weighted by molar-refractivity contribution is -0.119. The summed E-state index contributed by atoms with van der Waals surface area (Å²) in [5.41, 5.74) is -0.806. The number of fused-ring (bicyclic) bond motifs is 1. The Labute approximate surface area is 157 Å². The smallest absolute Gasteiger partial charge is 0.338 e. The Morgan fingerprint density at radius 3 is 2.36 bits per heavy atom. The van der Waals surface area contributed by atoms with Gasteiger partial charge in [0.2, 0.25) is 0 Å². The molecule has 3 rings (SSSR count). The number of amides is 1. The summed E-state index contributed by atoms with van der Waals surface area (Å²) in [5, 5.41) is 29.9. The number of phenols is 3. The minimum Gasteiger partial charge on any atom is -0.504 e. The van der Waals surface area contributed by atoms with Crippen LogP contribution in [0.2, 0.25) is 0 Å². The molecule has 0 aliphatic rings. The van der Waals surface area contributed by atoms with Crippen LogP contribution in [0, 0.1) is 17.5 Å². The molecule has 0 radical (unpaired) electrons. The molecular weight excluding hydrogens is 405 g/mol. The summed E-state index contributed by atoms with van der Waals surface area (Å²) in [6.07, 6.45) is 0. The molecule has 1 amide bonds. The molecule has 1 heterocycles. The number of rotatable bonds is 4. The number of phenolic OH excluding ortho intramolecular Hbond substituents is 3. The predicted octanol–water partition coefficient (Wildman–Crippen LogP) is 2.63. The molecule has 2 aromatic carbocycles. The first-order chi connectivity index (χ1) is 13.2. The van der Waals surface area contributed by atoms with E-state index in [1.54, 1.807) is 0 Å². The van der Waals surface area contributed by atoms with Crippen molar-refractivity contribution in [3.8, 4) is 17.2 Å². The number of ether oxygens (including phenoxy) is 1. The van der Waals surface area contributed by atoms with Crippen LogP contribution in [0.3, 0.4) is 0 Å². The topological polar surface area (TPSA) is 129 Å². The number of thiazole rings is 1. The highest BCUT2D eigenvalue weighted by Crippen LogP contribution is 2.35. The number of nitrogens with zero attached hydrogens (tertiary/aromatic N) is 1. The van der Waals surface area contributed by atoms with E-state index in [-0.39, 0.29) is 15.4 Å². The fraction of sp³-hybridized carbons (Fsp3) is 0.0625. The van der Waals surface area contributed by atoms with Gasteiger partial charge in [-0.2, -0.15) is 0 Å². The Morgan fingerprint density at radius 2 is 1.71 bits per heavy atom. The third-order valence-corrected chi connectivity index (χ3v) is 4.33. The van der Waals surface area contributed by atoms with Gasteiger partial charge in [0.1, 0.15) is 5.52 Å². The van der Waals surface area contributed by atoms with Crippen LogP contribution >= 0.6 is 11.3 Å². The lowest BCUT2D eigenvalue weighted by atomic mass is 10.2. The summed E-state index contributed by atoms with van der Waals surface area (Å²) in [6.45, 7) is -0.817. The average Bonchev–Trinajstić information content (AvgIpc) is 3.04. The molecule has 0 bridgehead atoms. The maximum atomic E-state index is 13.6. The third-order valence-electron chi connectivity index (χ3n) is 3.41. The van der Waals surface area contributed by atoms with Gasteiger partial charge < -0.3 is 20.1 Å². The Kier molecular flexibility index (Phi) is 4.96. The maximum Gasteiger partial charge on any atom is 0.338 e. The van der Waals surface area contributed by atoms with Crippen molar-refractivity contribution in [2.45, 2.75) is 0 Å². The van der Waals surface area contributed by atoms with E-state index in [2.05, 4.69) is 15.0 Å². The number of halogens is 3. The highest BCUT2D eigenvalue weighted by Gasteiger charge is 2.19. The van der Waals surface area contributed by atoms with E-state index in [1.807, 2.05) is 0 Å². The summed E-state index contributed by atoms with van der Waals surface area (Å²) < 4.78 is 44.7. The number of nitrogens with one attached hydrogen (secondary N) is 1. The maximum absolute atomic E-state index is 13.6. The van der Waals surface area contributed by atoms with Gasteiger partial charge >= 0.3 is 5.97 Å². The largest absolute Gasteiger partial charge is 0.504 e. The van der Waals surface area contributed by atoms with E-state index in [9.17, 15) is 38.1 Å². The van der Waals surface area contributed by atoms with Gasteiger partial charge in [-0.15, -0.1) is 0 Å². The van der Waals surface area contributed by atoms with Gasteiger partial charge in [0, 0.05) is 0 Å². The molecule has 0 spiro atoms. The zero-order valence-electron chi connectivity index (χ0n) is 13.5. The van der Waals surface area contributed by atoms with Gasteiger partial charge in [-0.05, 0) is 18.2 Å². The van der Waals surface area contributed by atoms with Gasteiger partial charge in [-0.3, -0.25) is 10.1 Å². The van der Waals surface area contributed by atoms with E-state index in [0.717, 1.165) is 18.2 Å². The molecule has 12 heteroatoms. The number of carbonyl (C=O) groups excluding carboxylic acids is 2. The van der Waals surface area contributed by atoms with E-state index in [0.29, 0.717) is 11.3 Å². The molecule has 0 fully saturated rings. The lowest BCUT2D eigenvalue weighted by Crippen LogP contribution is -2.20. The van der Waals surface area contributed by atoms with Crippen LogP contribution in [0.25, 0.3) is 10.2 Å². The van der Waals surface area contributed by atoms with Crippen molar-refractivity contribution in [2.24, 2.45) is 0 Å². The Hall–Kier alpha value is -3.54. The predicted molar refractivity (Wildman–Crippen MR) is 89.8 cm³/mol. The van der Waals surface area contributed by atoms with Gasteiger partial charge in [-0.25, -0.2) is 22.9 Å². The zero-order valence-corrected chi connectivity index (χ0v) is 14.3. The van der Waals surface area contributed by atoms with E-state index < -0.39 is 58.7 Å².